The minimum absolute atomic E-state index is 0.0213. The second-order valence-electron chi connectivity index (χ2n) is 15.1. The van der Waals surface area contributed by atoms with Crippen LogP contribution < -0.4 is 10.5 Å². The number of anilines is 1. The molecule has 3 aliphatic rings. The molecule has 1 aliphatic heterocycles. The van der Waals surface area contributed by atoms with E-state index in [1.165, 1.54) is 24.0 Å². The SMILES string of the molecule is Cn1nc(NS(C)(=O)=O)c2c(Cl)ccc(-c3cc(-c4cnn(C5COC5)c4)cnc3[C@@H](Cc3cc(F)cc(F)c3)C(C(N)=O)n3nc(C(F)F)c4c3C(F)(F)[C@@H]3C[C@H]43)c21. The minimum atomic E-state index is -3.88. The third kappa shape index (κ3) is 6.60. The maximum atomic E-state index is 16.1. The number of pyridine rings is 1. The fraction of sp³-hybridized carbons (Fsp3) is 0.342. The van der Waals surface area contributed by atoms with Crippen LogP contribution in [-0.4, -0.2) is 68.1 Å². The maximum Gasteiger partial charge on any atom is 0.293 e. The van der Waals surface area contributed by atoms with Crippen LogP contribution in [0.25, 0.3) is 33.2 Å². The first-order valence-electron chi connectivity index (χ1n) is 18.2. The molecule has 4 aromatic heterocycles. The van der Waals surface area contributed by atoms with Crippen LogP contribution >= 0.6 is 11.6 Å². The van der Waals surface area contributed by atoms with Gasteiger partial charge in [0.15, 0.2) is 5.82 Å². The monoisotopic (exact) mass is 859 g/mol. The van der Waals surface area contributed by atoms with Crippen molar-refractivity contribution in [1.82, 2.24) is 34.3 Å². The van der Waals surface area contributed by atoms with Crippen molar-refractivity contribution < 1.29 is 44.3 Å². The van der Waals surface area contributed by atoms with Gasteiger partial charge in [0, 0.05) is 65.2 Å². The molecule has 21 heteroatoms. The number of carbonyl (C=O) groups is 1. The van der Waals surface area contributed by atoms with E-state index in [-0.39, 0.29) is 62.2 Å². The first kappa shape index (κ1) is 39.0. The Kier molecular flexibility index (Phi) is 9.13. The van der Waals surface area contributed by atoms with Gasteiger partial charge in [-0.05, 0) is 48.6 Å². The molecule has 1 saturated heterocycles. The Morgan fingerprint density at radius 1 is 1.05 bits per heavy atom. The predicted octanol–water partition coefficient (Wildman–Crippen LogP) is 6.77. The number of halogens is 7. The highest BCUT2D eigenvalue weighted by Gasteiger charge is 2.67. The largest absolute Gasteiger partial charge is 0.377 e. The van der Waals surface area contributed by atoms with Crippen molar-refractivity contribution >= 4 is 44.3 Å². The number of nitrogens with one attached hydrogen (secondary N) is 1. The summed E-state index contributed by atoms with van der Waals surface area (Å²) in [6.45, 7) is 0.886. The van der Waals surface area contributed by atoms with E-state index in [4.69, 9.17) is 27.1 Å². The molecule has 9 rings (SSSR count). The molecule has 59 heavy (non-hydrogen) atoms. The van der Waals surface area contributed by atoms with Crippen molar-refractivity contribution in [3.05, 3.63) is 99.9 Å². The van der Waals surface area contributed by atoms with Gasteiger partial charge in [0.25, 0.3) is 12.3 Å². The Labute approximate surface area is 336 Å². The summed E-state index contributed by atoms with van der Waals surface area (Å²) in [6, 6.07) is 5.27. The van der Waals surface area contributed by atoms with Gasteiger partial charge in [0.1, 0.15) is 29.1 Å². The van der Waals surface area contributed by atoms with Gasteiger partial charge in [-0.2, -0.15) is 24.1 Å². The lowest BCUT2D eigenvalue weighted by molar-refractivity contribution is -0.122. The summed E-state index contributed by atoms with van der Waals surface area (Å²) in [7, 11) is -2.36. The van der Waals surface area contributed by atoms with E-state index in [9.17, 15) is 30.8 Å². The molecule has 1 amide bonds. The zero-order chi connectivity index (χ0) is 41.9. The van der Waals surface area contributed by atoms with Gasteiger partial charge in [0.05, 0.1) is 53.3 Å². The first-order chi connectivity index (χ1) is 27.9. The van der Waals surface area contributed by atoms with E-state index < -0.39 is 81.5 Å². The normalized spacial score (nSPS) is 19.4. The number of primary amides is 1. The Morgan fingerprint density at radius 3 is 2.42 bits per heavy atom. The summed E-state index contributed by atoms with van der Waals surface area (Å²) >= 11 is 6.68. The van der Waals surface area contributed by atoms with Gasteiger partial charge in [-0.3, -0.25) is 23.9 Å². The van der Waals surface area contributed by atoms with Crippen molar-refractivity contribution in [3.8, 4) is 22.3 Å². The molecule has 4 atom stereocenters. The summed E-state index contributed by atoms with van der Waals surface area (Å²) in [6.07, 6.45) is 1.87. The van der Waals surface area contributed by atoms with Crippen LogP contribution in [0.4, 0.5) is 32.2 Å². The summed E-state index contributed by atoms with van der Waals surface area (Å²) in [5, 5.41) is 13.0. The van der Waals surface area contributed by atoms with Gasteiger partial charge < -0.3 is 10.5 Å². The number of ether oxygens (including phenoxy) is 1. The van der Waals surface area contributed by atoms with E-state index >= 15 is 8.78 Å². The number of amides is 1. The molecule has 3 N–H and O–H groups in total. The van der Waals surface area contributed by atoms with E-state index in [1.54, 1.807) is 29.2 Å². The summed E-state index contributed by atoms with van der Waals surface area (Å²) in [5.74, 6) is -10.7. The number of benzene rings is 2. The van der Waals surface area contributed by atoms with Gasteiger partial charge in [-0.1, -0.05) is 17.7 Å². The average molecular weight is 860 g/mol. The average Bonchev–Trinajstić information content (AvgIpc) is 3.34. The predicted molar refractivity (Wildman–Crippen MR) is 201 cm³/mol. The highest BCUT2D eigenvalue weighted by molar-refractivity contribution is 7.92. The van der Waals surface area contributed by atoms with Gasteiger partial charge in [0.2, 0.25) is 15.9 Å². The molecule has 2 fully saturated rings. The second kappa shape index (κ2) is 13.8. The van der Waals surface area contributed by atoms with Gasteiger partial charge >= 0.3 is 0 Å². The molecule has 2 aromatic carbocycles. The molecular formula is C38H32ClF6N9O4S. The molecule has 0 radical (unpaired) electrons. The van der Waals surface area contributed by atoms with Crippen LogP contribution in [0, 0.1) is 17.6 Å². The van der Waals surface area contributed by atoms with E-state index in [0.29, 0.717) is 35.1 Å². The summed E-state index contributed by atoms with van der Waals surface area (Å²) in [4.78, 5) is 18.6. The van der Waals surface area contributed by atoms with Crippen LogP contribution in [0.1, 0.15) is 65.0 Å². The zero-order valence-corrected chi connectivity index (χ0v) is 32.5. The first-order valence-corrected chi connectivity index (χ1v) is 20.5. The third-order valence-electron chi connectivity index (χ3n) is 11.1. The number of rotatable bonds is 12. The Hall–Kier alpha value is -5.47. The molecule has 1 unspecified atom stereocenters. The van der Waals surface area contributed by atoms with E-state index in [0.717, 1.165) is 18.4 Å². The lowest BCUT2D eigenvalue weighted by Crippen LogP contribution is -2.37. The Bertz CT molecular complexity index is 2800. The molecule has 13 nitrogen and oxygen atoms in total. The molecule has 0 spiro atoms. The summed E-state index contributed by atoms with van der Waals surface area (Å²) in [5.41, 5.74) is 5.60. The minimum Gasteiger partial charge on any atom is -0.377 e. The van der Waals surface area contributed by atoms with Crippen molar-refractivity contribution in [2.75, 3.05) is 24.2 Å². The topological polar surface area (TPSA) is 165 Å². The Morgan fingerprint density at radius 2 is 1.78 bits per heavy atom. The fourth-order valence-corrected chi connectivity index (χ4v) is 9.23. The number of aromatic nitrogens is 7. The van der Waals surface area contributed by atoms with Crippen molar-refractivity contribution in [3.63, 3.8) is 0 Å². The van der Waals surface area contributed by atoms with E-state index in [2.05, 4.69) is 20.0 Å². The van der Waals surface area contributed by atoms with Crippen LogP contribution in [0.3, 0.4) is 0 Å². The number of fused-ring (bicyclic) bond motifs is 4. The third-order valence-corrected chi connectivity index (χ3v) is 12.0. The van der Waals surface area contributed by atoms with Gasteiger partial charge in [-0.15, -0.1) is 0 Å². The van der Waals surface area contributed by atoms with Crippen molar-refractivity contribution in [2.24, 2.45) is 18.7 Å². The summed E-state index contributed by atoms with van der Waals surface area (Å²) < 4.78 is 127. The molecule has 308 valence electrons. The van der Waals surface area contributed by atoms with Crippen LogP contribution in [-0.2, 0) is 38.9 Å². The highest BCUT2D eigenvalue weighted by atomic mass is 35.5. The molecular weight excluding hydrogens is 828 g/mol. The smallest absolute Gasteiger partial charge is 0.293 e. The van der Waals surface area contributed by atoms with Gasteiger partial charge in [-0.25, -0.2) is 30.7 Å². The number of sulfonamides is 1. The standard InChI is InChI=1S/C38H32ClF6N9O4S/c1-52-32-22(3-4-27(39)29(32)37(50-52)51-59(2,56)57)23-8-17(18-12-48-53(13-18)21-14-58-15-21)11-47-30(23)25(7-16-5-19(40)9-20(41)6-16)33(36(46)55)54-34-28(31(49-54)35(42)43)24-10-26(24)38(34,44)45/h3-6,8-9,11-13,21,24-26,33,35H,7,10,14-15H2,1-2H3,(H2,46,55)(H,50,51)/t24-,25+,26+,33?/m0/s1. The number of aryl methyl sites for hydroxylation is 1. The number of nitrogens with two attached hydrogens (primary N) is 1. The second-order valence-corrected chi connectivity index (χ2v) is 17.3. The lowest BCUT2D eigenvalue weighted by Gasteiger charge is -2.29. The number of hydrogen-bond donors (Lipinski definition) is 2. The molecule has 1 saturated carbocycles. The molecule has 6 aromatic rings. The van der Waals surface area contributed by atoms with E-state index in [1.807, 2.05) is 0 Å². The lowest BCUT2D eigenvalue weighted by atomic mass is 9.83. The van der Waals surface area contributed by atoms with Crippen LogP contribution in [0.15, 0.2) is 55.0 Å². The zero-order valence-electron chi connectivity index (χ0n) is 30.9. The van der Waals surface area contributed by atoms with Crippen molar-refractivity contribution in [2.45, 2.75) is 49.1 Å². The van der Waals surface area contributed by atoms with Crippen molar-refractivity contribution in [1.29, 1.82) is 0 Å². The fourth-order valence-electron chi connectivity index (χ4n) is 8.49. The molecule has 0 bridgehead atoms. The molecule has 2 aliphatic carbocycles. The highest BCUT2D eigenvalue weighted by Crippen LogP contribution is 2.68. The maximum absolute atomic E-state index is 16.1. The number of alkyl halides is 4. The van der Waals surface area contributed by atoms with Crippen LogP contribution in [0.5, 0.6) is 0 Å². The number of nitrogens with zero attached hydrogens (tertiary/aromatic N) is 7. The number of carbonyl (C=O) groups excluding carboxylic acids is 1. The Balaban J connectivity index is 1.32. The quantitative estimate of drug-likeness (QED) is 0.127. The number of hydrogen-bond acceptors (Lipinski definition) is 8. The molecule has 5 heterocycles. The van der Waals surface area contributed by atoms with Crippen LogP contribution in [0.2, 0.25) is 5.02 Å².